The van der Waals surface area contributed by atoms with Gasteiger partial charge in [-0.2, -0.15) is 5.10 Å². The maximum Gasteiger partial charge on any atom is 0.227 e. The Labute approximate surface area is 165 Å². The predicted molar refractivity (Wildman–Crippen MR) is 107 cm³/mol. The number of halogens is 2. The van der Waals surface area contributed by atoms with Crippen LogP contribution < -0.4 is 5.32 Å². The van der Waals surface area contributed by atoms with Crippen molar-refractivity contribution in [1.82, 2.24) is 24.7 Å². The number of benzene rings is 2. The minimum Gasteiger partial charge on any atom is -0.324 e. The molecule has 0 spiro atoms. The molecule has 1 N–H and O–H groups in total. The standard InChI is InChI=1S/C19H14Cl2N6/c1-12-23-11-27(26-12)17-4-2-16(3-5-17)24-19-22-7-6-18(25-19)13-8-14(20)10-15(21)9-13/h2-11H,1H3,(H,22,24,25). The molecule has 0 aliphatic rings. The van der Waals surface area contributed by atoms with Crippen LogP contribution in [0.1, 0.15) is 5.82 Å². The number of hydrogen-bond acceptors (Lipinski definition) is 5. The van der Waals surface area contributed by atoms with Crippen molar-refractivity contribution in [3.63, 3.8) is 0 Å². The van der Waals surface area contributed by atoms with Crippen molar-refractivity contribution in [3.05, 3.63) is 76.9 Å². The van der Waals surface area contributed by atoms with E-state index in [1.54, 1.807) is 23.3 Å². The van der Waals surface area contributed by atoms with E-state index >= 15 is 0 Å². The Morgan fingerprint density at radius 3 is 2.33 bits per heavy atom. The first-order valence-electron chi connectivity index (χ1n) is 8.12. The molecule has 0 aliphatic carbocycles. The lowest BCUT2D eigenvalue weighted by molar-refractivity contribution is 0.863. The molecule has 0 atom stereocenters. The van der Waals surface area contributed by atoms with Crippen molar-refractivity contribution in [3.8, 4) is 16.9 Å². The van der Waals surface area contributed by atoms with E-state index in [1.807, 2.05) is 49.4 Å². The third kappa shape index (κ3) is 4.07. The summed E-state index contributed by atoms with van der Waals surface area (Å²) >= 11 is 12.2. The summed E-state index contributed by atoms with van der Waals surface area (Å²) in [6.07, 6.45) is 3.37. The van der Waals surface area contributed by atoms with E-state index < -0.39 is 0 Å². The van der Waals surface area contributed by atoms with Crippen LogP contribution in [0, 0.1) is 6.92 Å². The summed E-state index contributed by atoms with van der Waals surface area (Å²) in [5, 5.41) is 8.61. The molecular weight excluding hydrogens is 383 g/mol. The van der Waals surface area contributed by atoms with Gasteiger partial charge in [0.15, 0.2) is 0 Å². The molecule has 2 aromatic heterocycles. The zero-order valence-corrected chi connectivity index (χ0v) is 15.8. The molecule has 4 rings (SSSR count). The number of anilines is 2. The molecule has 0 unspecified atom stereocenters. The van der Waals surface area contributed by atoms with Gasteiger partial charge in [0.1, 0.15) is 12.2 Å². The minimum atomic E-state index is 0.480. The number of aromatic nitrogens is 5. The minimum absolute atomic E-state index is 0.480. The van der Waals surface area contributed by atoms with Gasteiger partial charge in [-0.3, -0.25) is 0 Å². The van der Waals surface area contributed by atoms with Gasteiger partial charge in [0, 0.05) is 27.5 Å². The van der Waals surface area contributed by atoms with E-state index in [0.29, 0.717) is 16.0 Å². The van der Waals surface area contributed by atoms with Crippen LogP contribution in [0.25, 0.3) is 16.9 Å². The van der Waals surface area contributed by atoms with Crippen LogP contribution in [0.5, 0.6) is 0 Å². The van der Waals surface area contributed by atoms with E-state index in [2.05, 4.69) is 25.4 Å². The Hall–Kier alpha value is -2.96. The number of hydrogen-bond donors (Lipinski definition) is 1. The molecule has 0 aliphatic heterocycles. The van der Waals surface area contributed by atoms with E-state index in [0.717, 1.165) is 28.5 Å². The molecule has 0 bridgehead atoms. The Balaban J connectivity index is 1.56. The molecule has 0 saturated heterocycles. The largest absolute Gasteiger partial charge is 0.324 e. The highest BCUT2D eigenvalue weighted by Gasteiger charge is 2.06. The van der Waals surface area contributed by atoms with Crippen molar-refractivity contribution < 1.29 is 0 Å². The lowest BCUT2D eigenvalue weighted by Crippen LogP contribution is -1.99. The van der Waals surface area contributed by atoms with Crippen molar-refractivity contribution >= 4 is 34.8 Å². The molecule has 6 nitrogen and oxygen atoms in total. The van der Waals surface area contributed by atoms with Gasteiger partial charge in [-0.1, -0.05) is 23.2 Å². The Bertz CT molecular complexity index is 1070. The monoisotopic (exact) mass is 396 g/mol. The van der Waals surface area contributed by atoms with Gasteiger partial charge in [0.05, 0.1) is 11.4 Å². The lowest BCUT2D eigenvalue weighted by atomic mass is 10.1. The topological polar surface area (TPSA) is 68.5 Å². The zero-order chi connectivity index (χ0) is 18.8. The zero-order valence-electron chi connectivity index (χ0n) is 14.3. The van der Waals surface area contributed by atoms with Crippen LogP contribution in [0.15, 0.2) is 61.1 Å². The SMILES string of the molecule is Cc1ncn(-c2ccc(Nc3nccc(-c4cc(Cl)cc(Cl)c4)n3)cc2)n1. The van der Waals surface area contributed by atoms with Crippen LogP contribution in [-0.4, -0.2) is 24.7 Å². The van der Waals surface area contributed by atoms with Crippen molar-refractivity contribution in [2.75, 3.05) is 5.32 Å². The van der Waals surface area contributed by atoms with E-state index in [9.17, 15) is 0 Å². The number of nitrogens with zero attached hydrogens (tertiary/aromatic N) is 5. The summed E-state index contributed by atoms with van der Waals surface area (Å²) in [6, 6.07) is 14.9. The van der Waals surface area contributed by atoms with Crippen LogP contribution in [0.2, 0.25) is 10.0 Å². The summed E-state index contributed by atoms with van der Waals surface area (Å²) in [7, 11) is 0. The van der Waals surface area contributed by atoms with Gasteiger partial charge < -0.3 is 5.32 Å². The van der Waals surface area contributed by atoms with Crippen LogP contribution in [-0.2, 0) is 0 Å². The second-order valence-corrected chi connectivity index (χ2v) is 6.70. The molecule has 134 valence electrons. The predicted octanol–water partition coefficient (Wildman–Crippen LogP) is 5.08. The fourth-order valence-corrected chi connectivity index (χ4v) is 3.10. The molecule has 8 heteroatoms. The molecule has 2 aromatic carbocycles. The van der Waals surface area contributed by atoms with Gasteiger partial charge in [-0.05, 0) is 55.5 Å². The molecule has 0 radical (unpaired) electrons. The van der Waals surface area contributed by atoms with E-state index in [4.69, 9.17) is 23.2 Å². The van der Waals surface area contributed by atoms with E-state index in [1.165, 1.54) is 0 Å². The highest BCUT2D eigenvalue weighted by atomic mass is 35.5. The van der Waals surface area contributed by atoms with Crippen molar-refractivity contribution in [2.45, 2.75) is 6.92 Å². The van der Waals surface area contributed by atoms with Gasteiger partial charge >= 0.3 is 0 Å². The third-order valence-electron chi connectivity index (χ3n) is 3.81. The average Bonchev–Trinajstić information content (AvgIpc) is 3.08. The van der Waals surface area contributed by atoms with Crippen LogP contribution in [0.3, 0.4) is 0 Å². The Morgan fingerprint density at radius 2 is 1.67 bits per heavy atom. The second-order valence-electron chi connectivity index (χ2n) is 5.83. The molecule has 27 heavy (non-hydrogen) atoms. The smallest absolute Gasteiger partial charge is 0.227 e. The normalized spacial score (nSPS) is 10.8. The fraction of sp³-hybridized carbons (Fsp3) is 0.0526. The highest BCUT2D eigenvalue weighted by molar-refractivity contribution is 6.35. The van der Waals surface area contributed by atoms with Crippen LogP contribution >= 0.6 is 23.2 Å². The van der Waals surface area contributed by atoms with Crippen LogP contribution in [0.4, 0.5) is 11.6 Å². The first kappa shape index (κ1) is 17.5. The third-order valence-corrected chi connectivity index (χ3v) is 4.24. The molecule has 0 fully saturated rings. The molecule has 0 amide bonds. The average molecular weight is 397 g/mol. The number of aryl methyl sites for hydroxylation is 1. The van der Waals surface area contributed by atoms with E-state index in [-0.39, 0.29) is 0 Å². The Kier molecular flexibility index (Phi) is 4.75. The first-order chi connectivity index (χ1) is 13.1. The summed E-state index contributed by atoms with van der Waals surface area (Å²) in [5.41, 5.74) is 3.34. The molecule has 2 heterocycles. The summed E-state index contributed by atoms with van der Waals surface area (Å²) in [5.74, 6) is 1.21. The maximum absolute atomic E-state index is 6.08. The van der Waals surface area contributed by atoms with Gasteiger partial charge in [0.2, 0.25) is 5.95 Å². The number of rotatable bonds is 4. The molecule has 4 aromatic rings. The van der Waals surface area contributed by atoms with Crippen molar-refractivity contribution in [2.24, 2.45) is 0 Å². The quantitative estimate of drug-likeness (QED) is 0.520. The summed E-state index contributed by atoms with van der Waals surface area (Å²) < 4.78 is 1.72. The first-order valence-corrected chi connectivity index (χ1v) is 8.88. The molecule has 0 saturated carbocycles. The van der Waals surface area contributed by atoms with Gasteiger partial charge in [-0.25, -0.2) is 19.6 Å². The molecular formula is C19H14Cl2N6. The second kappa shape index (κ2) is 7.34. The Morgan fingerprint density at radius 1 is 0.926 bits per heavy atom. The van der Waals surface area contributed by atoms with Gasteiger partial charge in [-0.15, -0.1) is 0 Å². The maximum atomic E-state index is 6.08. The van der Waals surface area contributed by atoms with Gasteiger partial charge in [0.25, 0.3) is 0 Å². The lowest BCUT2D eigenvalue weighted by Gasteiger charge is -2.08. The van der Waals surface area contributed by atoms with Crippen molar-refractivity contribution in [1.29, 1.82) is 0 Å². The summed E-state index contributed by atoms with van der Waals surface area (Å²) in [6.45, 7) is 1.85. The highest BCUT2D eigenvalue weighted by Crippen LogP contribution is 2.26. The fourth-order valence-electron chi connectivity index (χ4n) is 2.58. The number of nitrogens with one attached hydrogen (secondary N) is 1. The summed E-state index contributed by atoms with van der Waals surface area (Å²) in [4.78, 5) is 12.9.